The molecule has 0 saturated heterocycles. The minimum Gasteiger partial charge on any atom is -0.399 e. The Bertz CT molecular complexity index is 510. The predicted octanol–water partition coefficient (Wildman–Crippen LogP) is 3.08. The van der Waals surface area contributed by atoms with E-state index in [0.717, 1.165) is 34.7 Å². The van der Waals surface area contributed by atoms with Crippen LogP contribution in [0.1, 0.15) is 18.9 Å². The first-order valence-corrected chi connectivity index (χ1v) is 7.34. The highest BCUT2D eigenvalue weighted by Gasteiger charge is 2.09. The third-order valence-corrected chi connectivity index (χ3v) is 3.29. The lowest BCUT2D eigenvalue weighted by atomic mass is 10.2. The quantitative estimate of drug-likeness (QED) is 0.651. The SMILES string of the molecule is CCCN(Cc1ccc(N)cc1)c1ncc(I)cn1. The van der Waals surface area contributed by atoms with Gasteiger partial charge in [0.15, 0.2) is 0 Å². The van der Waals surface area contributed by atoms with Crippen molar-refractivity contribution in [2.24, 2.45) is 0 Å². The third-order valence-electron chi connectivity index (χ3n) is 2.74. The molecule has 0 amide bonds. The van der Waals surface area contributed by atoms with Crippen LogP contribution in [-0.2, 0) is 6.54 Å². The van der Waals surface area contributed by atoms with E-state index >= 15 is 0 Å². The number of rotatable bonds is 5. The van der Waals surface area contributed by atoms with E-state index in [1.807, 2.05) is 36.7 Å². The van der Waals surface area contributed by atoms with Crippen molar-refractivity contribution in [3.63, 3.8) is 0 Å². The van der Waals surface area contributed by atoms with Gasteiger partial charge in [0.1, 0.15) is 0 Å². The monoisotopic (exact) mass is 368 g/mol. The Morgan fingerprint density at radius 2 is 1.79 bits per heavy atom. The number of nitrogens with two attached hydrogens (primary N) is 1. The lowest BCUT2D eigenvalue weighted by molar-refractivity contribution is 0.738. The van der Waals surface area contributed by atoms with Crippen molar-refractivity contribution in [3.8, 4) is 0 Å². The third kappa shape index (κ3) is 4.05. The van der Waals surface area contributed by atoms with E-state index in [4.69, 9.17) is 5.73 Å². The molecule has 0 aliphatic heterocycles. The van der Waals surface area contributed by atoms with Crippen molar-refractivity contribution in [2.45, 2.75) is 19.9 Å². The summed E-state index contributed by atoms with van der Waals surface area (Å²) in [6.07, 6.45) is 4.74. The summed E-state index contributed by atoms with van der Waals surface area (Å²) >= 11 is 2.21. The molecule has 100 valence electrons. The minimum absolute atomic E-state index is 0.777. The van der Waals surface area contributed by atoms with E-state index in [0.29, 0.717) is 0 Å². The molecule has 19 heavy (non-hydrogen) atoms. The maximum Gasteiger partial charge on any atom is 0.225 e. The van der Waals surface area contributed by atoms with E-state index < -0.39 is 0 Å². The maximum atomic E-state index is 5.70. The Hall–Kier alpha value is -1.37. The van der Waals surface area contributed by atoms with Crippen molar-refractivity contribution in [3.05, 3.63) is 45.8 Å². The van der Waals surface area contributed by atoms with E-state index in [2.05, 4.69) is 44.4 Å². The van der Waals surface area contributed by atoms with Gasteiger partial charge in [-0.1, -0.05) is 19.1 Å². The highest BCUT2D eigenvalue weighted by molar-refractivity contribution is 14.1. The van der Waals surface area contributed by atoms with Crippen LogP contribution in [0.15, 0.2) is 36.7 Å². The smallest absolute Gasteiger partial charge is 0.225 e. The van der Waals surface area contributed by atoms with Crippen LogP contribution in [0.3, 0.4) is 0 Å². The molecule has 0 aliphatic carbocycles. The Kier molecular flexibility index (Phi) is 4.95. The lowest BCUT2D eigenvalue weighted by Crippen LogP contribution is -2.25. The zero-order valence-corrected chi connectivity index (χ0v) is 13.0. The van der Waals surface area contributed by atoms with Gasteiger partial charge >= 0.3 is 0 Å². The summed E-state index contributed by atoms with van der Waals surface area (Å²) in [6.45, 7) is 3.89. The molecule has 0 bridgehead atoms. The zero-order valence-electron chi connectivity index (χ0n) is 10.9. The fourth-order valence-corrected chi connectivity index (χ4v) is 2.11. The van der Waals surface area contributed by atoms with Gasteiger partial charge in [0.05, 0.1) is 0 Å². The average molecular weight is 368 g/mol. The van der Waals surface area contributed by atoms with E-state index in [9.17, 15) is 0 Å². The van der Waals surface area contributed by atoms with Gasteiger partial charge in [0.25, 0.3) is 0 Å². The number of hydrogen-bond acceptors (Lipinski definition) is 4. The van der Waals surface area contributed by atoms with E-state index in [-0.39, 0.29) is 0 Å². The largest absolute Gasteiger partial charge is 0.399 e. The fraction of sp³-hybridized carbons (Fsp3) is 0.286. The zero-order chi connectivity index (χ0) is 13.7. The van der Waals surface area contributed by atoms with Crippen molar-refractivity contribution in [2.75, 3.05) is 17.2 Å². The summed E-state index contributed by atoms with van der Waals surface area (Å²) in [5.41, 5.74) is 7.71. The second-order valence-electron chi connectivity index (χ2n) is 4.36. The minimum atomic E-state index is 0.777. The van der Waals surface area contributed by atoms with Crippen LogP contribution in [0.2, 0.25) is 0 Å². The van der Waals surface area contributed by atoms with Crippen LogP contribution < -0.4 is 10.6 Å². The number of hydrogen-bond donors (Lipinski definition) is 1. The number of anilines is 2. The van der Waals surface area contributed by atoms with Crippen molar-refractivity contribution >= 4 is 34.2 Å². The molecule has 1 aromatic heterocycles. The molecule has 0 fully saturated rings. The molecule has 0 spiro atoms. The summed E-state index contributed by atoms with van der Waals surface area (Å²) in [5.74, 6) is 0.777. The molecule has 2 rings (SSSR count). The van der Waals surface area contributed by atoms with Crippen molar-refractivity contribution < 1.29 is 0 Å². The normalized spacial score (nSPS) is 10.4. The average Bonchev–Trinajstić information content (AvgIpc) is 2.42. The van der Waals surface area contributed by atoms with Gasteiger partial charge in [0, 0.05) is 34.7 Å². The first-order valence-electron chi connectivity index (χ1n) is 6.26. The molecule has 0 atom stereocenters. The van der Waals surface area contributed by atoms with Crippen molar-refractivity contribution in [1.29, 1.82) is 0 Å². The van der Waals surface area contributed by atoms with Gasteiger partial charge in [-0.2, -0.15) is 0 Å². The molecule has 0 unspecified atom stereocenters. The Balaban J connectivity index is 2.15. The molecule has 2 N–H and O–H groups in total. The van der Waals surface area contributed by atoms with Gasteiger partial charge in [-0.3, -0.25) is 0 Å². The first kappa shape index (κ1) is 14.0. The number of aromatic nitrogens is 2. The van der Waals surface area contributed by atoms with Crippen LogP contribution in [0.4, 0.5) is 11.6 Å². The molecule has 0 radical (unpaired) electrons. The first-order chi connectivity index (χ1) is 9.19. The van der Waals surface area contributed by atoms with Crippen LogP contribution in [-0.4, -0.2) is 16.5 Å². The predicted molar refractivity (Wildman–Crippen MR) is 86.9 cm³/mol. The molecule has 0 aliphatic rings. The van der Waals surface area contributed by atoms with Gasteiger partial charge in [-0.25, -0.2) is 9.97 Å². The van der Waals surface area contributed by atoms with Crippen LogP contribution in [0.5, 0.6) is 0 Å². The molecule has 2 aromatic rings. The molecule has 1 heterocycles. The maximum absolute atomic E-state index is 5.70. The number of nitrogens with zero attached hydrogens (tertiary/aromatic N) is 3. The topological polar surface area (TPSA) is 55.0 Å². The van der Waals surface area contributed by atoms with Crippen molar-refractivity contribution in [1.82, 2.24) is 9.97 Å². The van der Waals surface area contributed by atoms with Crippen LogP contribution in [0, 0.1) is 3.57 Å². The number of halogens is 1. The molecular weight excluding hydrogens is 351 g/mol. The highest BCUT2D eigenvalue weighted by atomic mass is 127. The molecule has 4 nitrogen and oxygen atoms in total. The van der Waals surface area contributed by atoms with E-state index in [1.165, 1.54) is 5.56 Å². The summed E-state index contributed by atoms with van der Waals surface area (Å²) in [5, 5.41) is 0. The summed E-state index contributed by atoms with van der Waals surface area (Å²) in [7, 11) is 0. The van der Waals surface area contributed by atoms with Crippen LogP contribution in [0.25, 0.3) is 0 Å². The summed E-state index contributed by atoms with van der Waals surface area (Å²) in [4.78, 5) is 11.0. The standard InChI is InChI=1S/C14H17IN4/c1-2-7-19(14-17-8-12(15)9-18-14)10-11-3-5-13(16)6-4-11/h3-6,8-9H,2,7,10,16H2,1H3. The second kappa shape index (κ2) is 6.70. The molecule has 0 saturated carbocycles. The van der Waals surface area contributed by atoms with Crippen LogP contribution >= 0.6 is 22.6 Å². The fourth-order valence-electron chi connectivity index (χ4n) is 1.83. The van der Waals surface area contributed by atoms with E-state index in [1.54, 1.807) is 0 Å². The van der Waals surface area contributed by atoms with Gasteiger partial charge in [-0.05, 0) is 46.7 Å². The second-order valence-corrected chi connectivity index (χ2v) is 5.61. The summed E-state index contributed by atoms with van der Waals surface area (Å²) in [6, 6.07) is 7.94. The Morgan fingerprint density at radius 1 is 1.16 bits per heavy atom. The Morgan fingerprint density at radius 3 is 2.37 bits per heavy atom. The van der Waals surface area contributed by atoms with Gasteiger partial charge in [0.2, 0.25) is 5.95 Å². The summed E-state index contributed by atoms with van der Waals surface area (Å²) < 4.78 is 1.05. The lowest BCUT2D eigenvalue weighted by Gasteiger charge is -2.22. The number of nitrogen functional groups attached to an aromatic ring is 1. The molecular formula is C14H17IN4. The Labute approximate surface area is 127 Å². The highest BCUT2D eigenvalue weighted by Crippen LogP contribution is 2.14. The molecule has 5 heteroatoms. The van der Waals surface area contributed by atoms with Gasteiger partial charge in [-0.15, -0.1) is 0 Å². The molecule has 1 aromatic carbocycles. The number of benzene rings is 1. The van der Waals surface area contributed by atoms with Gasteiger partial charge < -0.3 is 10.6 Å².